The van der Waals surface area contributed by atoms with Gasteiger partial charge in [0.1, 0.15) is 0 Å². The number of ether oxygens (including phenoxy) is 1. The van der Waals surface area contributed by atoms with Crippen molar-refractivity contribution < 1.29 is 4.74 Å². The zero-order valence-corrected chi connectivity index (χ0v) is 12.5. The molecule has 0 aromatic rings. The fourth-order valence-electron chi connectivity index (χ4n) is 2.36. The molecule has 0 radical (unpaired) electrons. The monoisotopic (exact) mass is 257 g/mol. The van der Waals surface area contributed by atoms with E-state index in [1.54, 1.807) is 0 Å². The van der Waals surface area contributed by atoms with Crippen LogP contribution in [0.1, 0.15) is 26.2 Å². The first-order valence-corrected chi connectivity index (χ1v) is 7.40. The molecule has 18 heavy (non-hydrogen) atoms. The van der Waals surface area contributed by atoms with Crippen LogP contribution in [0.2, 0.25) is 0 Å². The fourth-order valence-corrected chi connectivity index (χ4v) is 2.36. The molecule has 0 spiro atoms. The predicted octanol–water partition coefficient (Wildman–Crippen LogP) is 1.03. The summed E-state index contributed by atoms with van der Waals surface area (Å²) in [7, 11) is 4.15. The summed E-state index contributed by atoms with van der Waals surface area (Å²) in [5.41, 5.74) is 0. The Morgan fingerprint density at radius 3 is 2.78 bits per heavy atom. The molecule has 108 valence electrons. The molecule has 1 heterocycles. The normalized spacial score (nSPS) is 22.3. The van der Waals surface area contributed by atoms with E-state index in [0.717, 1.165) is 26.3 Å². The summed E-state index contributed by atoms with van der Waals surface area (Å²) in [6.45, 7) is 9.64. The zero-order chi connectivity index (χ0) is 13.2. The number of likely N-dealkylation sites (tertiary alicyclic amines) is 1. The van der Waals surface area contributed by atoms with Crippen LogP contribution in [0.15, 0.2) is 0 Å². The molecule has 1 aliphatic rings. The second kappa shape index (κ2) is 9.73. The highest BCUT2D eigenvalue weighted by Gasteiger charge is 2.14. The fraction of sp³-hybridized carbons (Fsp3) is 1.00. The van der Waals surface area contributed by atoms with Crippen molar-refractivity contribution in [3.63, 3.8) is 0 Å². The Bertz CT molecular complexity index is 199. The maximum absolute atomic E-state index is 5.59. The average molecular weight is 257 g/mol. The maximum atomic E-state index is 5.59. The number of nitrogens with one attached hydrogen (secondary N) is 1. The van der Waals surface area contributed by atoms with Crippen LogP contribution in [0.5, 0.6) is 0 Å². The minimum absolute atomic E-state index is 0.694. The summed E-state index contributed by atoms with van der Waals surface area (Å²) in [6, 6.07) is 0.694. The van der Waals surface area contributed by atoms with E-state index in [1.165, 1.54) is 38.9 Å². The third-order valence-electron chi connectivity index (χ3n) is 3.63. The molecule has 0 amide bonds. The molecule has 0 aromatic carbocycles. The molecule has 0 bridgehead atoms. The molecule has 0 saturated carbocycles. The summed E-state index contributed by atoms with van der Waals surface area (Å²) in [5.74, 6) is 0. The van der Waals surface area contributed by atoms with Crippen LogP contribution in [-0.4, -0.2) is 75.9 Å². The first-order valence-electron chi connectivity index (χ1n) is 7.40. The van der Waals surface area contributed by atoms with Crippen molar-refractivity contribution in [2.75, 3.05) is 60.0 Å². The van der Waals surface area contributed by atoms with E-state index in [1.807, 2.05) is 0 Å². The van der Waals surface area contributed by atoms with Crippen molar-refractivity contribution in [1.29, 1.82) is 0 Å². The highest BCUT2D eigenvalue weighted by Crippen LogP contribution is 2.10. The van der Waals surface area contributed by atoms with Gasteiger partial charge in [0.25, 0.3) is 0 Å². The van der Waals surface area contributed by atoms with E-state index in [2.05, 4.69) is 36.1 Å². The summed E-state index contributed by atoms with van der Waals surface area (Å²) in [5, 5.41) is 3.63. The first kappa shape index (κ1) is 15.9. The molecule has 1 saturated heterocycles. The van der Waals surface area contributed by atoms with E-state index in [0.29, 0.717) is 6.04 Å². The molecule has 1 unspecified atom stereocenters. The van der Waals surface area contributed by atoms with E-state index in [-0.39, 0.29) is 0 Å². The Balaban J connectivity index is 1.98. The van der Waals surface area contributed by atoms with Crippen LogP contribution < -0.4 is 5.32 Å². The molecule has 1 atom stereocenters. The van der Waals surface area contributed by atoms with Crippen LogP contribution in [0.4, 0.5) is 0 Å². The summed E-state index contributed by atoms with van der Waals surface area (Å²) >= 11 is 0. The molecule has 1 fully saturated rings. The molecule has 1 N–H and O–H groups in total. The second-order valence-electron chi connectivity index (χ2n) is 5.43. The van der Waals surface area contributed by atoms with Gasteiger partial charge in [0.15, 0.2) is 0 Å². The van der Waals surface area contributed by atoms with Crippen molar-refractivity contribution in [2.45, 2.75) is 32.2 Å². The van der Waals surface area contributed by atoms with E-state index < -0.39 is 0 Å². The molecule has 1 rings (SSSR count). The SMILES string of the molecule is CCN1CCCC(NCCOCCN(C)C)CC1. The van der Waals surface area contributed by atoms with Gasteiger partial charge in [-0.05, 0) is 53.0 Å². The van der Waals surface area contributed by atoms with Crippen LogP contribution >= 0.6 is 0 Å². The largest absolute Gasteiger partial charge is 0.379 e. The molecule has 4 nitrogen and oxygen atoms in total. The van der Waals surface area contributed by atoms with Crippen molar-refractivity contribution in [3.05, 3.63) is 0 Å². The van der Waals surface area contributed by atoms with Gasteiger partial charge in [-0.1, -0.05) is 6.92 Å². The molecular formula is C14H31N3O. The smallest absolute Gasteiger partial charge is 0.0593 e. The Labute approximate surface area is 113 Å². The number of rotatable bonds is 8. The first-order chi connectivity index (χ1) is 8.72. The summed E-state index contributed by atoms with van der Waals surface area (Å²) in [6.07, 6.45) is 3.92. The predicted molar refractivity (Wildman–Crippen MR) is 77.1 cm³/mol. The van der Waals surface area contributed by atoms with Gasteiger partial charge in [-0.15, -0.1) is 0 Å². The van der Waals surface area contributed by atoms with Crippen molar-refractivity contribution in [3.8, 4) is 0 Å². The highest BCUT2D eigenvalue weighted by molar-refractivity contribution is 4.74. The van der Waals surface area contributed by atoms with Gasteiger partial charge >= 0.3 is 0 Å². The lowest BCUT2D eigenvalue weighted by molar-refractivity contribution is 0.117. The summed E-state index contributed by atoms with van der Waals surface area (Å²) in [4.78, 5) is 4.70. The van der Waals surface area contributed by atoms with Crippen molar-refractivity contribution in [1.82, 2.24) is 15.1 Å². The van der Waals surface area contributed by atoms with Gasteiger partial charge in [0, 0.05) is 19.1 Å². The topological polar surface area (TPSA) is 27.7 Å². The summed E-state index contributed by atoms with van der Waals surface area (Å²) < 4.78 is 5.59. The minimum Gasteiger partial charge on any atom is -0.379 e. The Hall–Kier alpha value is -0.160. The Morgan fingerprint density at radius 2 is 2.06 bits per heavy atom. The molecule has 0 aromatic heterocycles. The number of hydrogen-bond donors (Lipinski definition) is 1. The van der Waals surface area contributed by atoms with Crippen LogP contribution in [0, 0.1) is 0 Å². The quantitative estimate of drug-likeness (QED) is 0.657. The third-order valence-corrected chi connectivity index (χ3v) is 3.63. The maximum Gasteiger partial charge on any atom is 0.0593 e. The van der Waals surface area contributed by atoms with Crippen molar-refractivity contribution in [2.24, 2.45) is 0 Å². The van der Waals surface area contributed by atoms with Gasteiger partial charge in [-0.2, -0.15) is 0 Å². The standard InChI is InChI=1S/C14H31N3O/c1-4-17-9-5-6-14(7-10-17)15-8-12-18-13-11-16(2)3/h14-15H,4-13H2,1-3H3. The van der Waals surface area contributed by atoms with Gasteiger partial charge in [-0.3, -0.25) is 0 Å². The molecular weight excluding hydrogens is 226 g/mol. The Morgan fingerprint density at radius 1 is 1.22 bits per heavy atom. The number of likely N-dealkylation sites (N-methyl/N-ethyl adjacent to an activating group) is 1. The van der Waals surface area contributed by atoms with E-state index in [4.69, 9.17) is 4.74 Å². The van der Waals surface area contributed by atoms with Crippen LogP contribution in [0.25, 0.3) is 0 Å². The van der Waals surface area contributed by atoms with Crippen molar-refractivity contribution >= 4 is 0 Å². The van der Waals surface area contributed by atoms with E-state index >= 15 is 0 Å². The lowest BCUT2D eigenvalue weighted by atomic mass is 10.1. The lowest BCUT2D eigenvalue weighted by Crippen LogP contribution is -2.33. The number of nitrogens with zero attached hydrogens (tertiary/aromatic N) is 2. The van der Waals surface area contributed by atoms with E-state index in [9.17, 15) is 0 Å². The van der Waals surface area contributed by atoms with Gasteiger partial charge < -0.3 is 19.9 Å². The van der Waals surface area contributed by atoms with Gasteiger partial charge in [0.2, 0.25) is 0 Å². The number of hydrogen-bond acceptors (Lipinski definition) is 4. The molecule has 4 heteroatoms. The van der Waals surface area contributed by atoms with Gasteiger partial charge in [-0.25, -0.2) is 0 Å². The van der Waals surface area contributed by atoms with Crippen LogP contribution in [0.3, 0.4) is 0 Å². The average Bonchev–Trinajstić information content (AvgIpc) is 2.58. The molecule has 1 aliphatic heterocycles. The van der Waals surface area contributed by atoms with Gasteiger partial charge in [0.05, 0.1) is 13.2 Å². The zero-order valence-electron chi connectivity index (χ0n) is 12.5. The molecule has 0 aliphatic carbocycles. The lowest BCUT2D eigenvalue weighted by Gasteiger charge is -2.18. The highest BCUT2D eigenvalue weighted by atomic mass is 16.5. The van der Waals surface area contributed by atoms with Crippen LogP contribution in [-0.2, 0) is 4.74 Å². The minimum atomic E-state index is 0.694. The second-order valence-corrected chi connectivity index (χ2v) is 5.43. The third kappa shape index (κ3) is 7.31. The Kier molecular flexibility index (Phi) is 8.59.